The first-order chi connectivity index (χ1) is 9.78. The number of sulfonamides is 1. The Morgan fingerprint density at radius 2 is 1.48 bits per heavy atom. The molecule has 0 heterocycles. The zero-order valence-electron chi connectivity index (χ0n) is 12.2. The van der Waals surface area contributed by atoms with Gasteiger partial charge in [0.25, 0.3) is 0 Å². The summed E-state index contributed by atoms with van der Waals surface area (Å²) in [5, 5.41) is 0. The summed E-state index contributed by atoms with van der Waals surface area (Å²) >= 11 is 0. The molecule has 0 saturated heterocycles. The maximum atomic E-state index is 12.2. The molecule has 0 aliphatic carbocycles. The second-order valence-electron chi connectivity index (χ2n) is 5.70. The molecule has 5 heteroatoms. The van der Waals surface area contributed by atoms with Gasteiger partial charge in [-0.1, -0.05) is 42.5 Å². The minimum Gasteiger partial charge on any atom is -0.324 e. The molecule has 0 aromatic heterocycles. The van der Waals surface area contributed by atoms with Gasteiger partial charge in [0.1, 0.15) is 0 Å². The van der Waals surface area contributed by atoms with Crippen LogP contribution in [0.2, 0.25) is 0 Å². The maximum absolute atomic E-state index is 12.2. The van der Waals surface area contributed by atoms with Crippen molar-refractivity contribution in [3.8, 4) is 11.1 Å². The van der Waals surface area contributed by atoms with E-state index in [0.717, 1.165) is 11.1 Å². The third-order valence-corrected chi connectivity index (χ3v) is 4.41. The van der Waals surface area contributed by atoms with Crippen LogP contribution in [0.1, 0.15) is 13.8 Å². The molecule has 0 atom stereocenters. The topological polar surface area (TPSA) is 72.2 Å². The Morgan fingerprint density at radius 1 is 0.952 bits per heavy atom. The van der Waals surface area contributed by atoms with Crippen molar-refractivity contribution in [2.24, 2.45) is 5.73 Å². The molecule has 0 spiro atoms. The summed E-state index contributed by atoms with van der Waals surface area (Å²) in [5.41, 5.74) is 7.24. The number of rotatable bonds is 5. The summed E-state index contributed by atoms with van der Waals surface area (Å²) in [7, 11) is -3.52. The molecule has 2 aromatic carbocycles. The fourth-order valence-electron chi connectivity index (χ4n) is 1.82. The van der Waals surface area contributed by atoms with Crippen molar-refractivity contribution in [2.45, 2.75) is 24.3 Å². The van der Waals surface area contributed by atoms with Gasteiger partial charge in [-0.2, -0.15) is 0 Å². The quantitative estimate of drug-likeness (QED) is 0.890. The van der Waals surface area contributed by atoms with Crippen LogP contribution >= 0.6 is 0 Å². The molecule has 4 nitrogen and oxygen atoms in total. The van der Waals surface area contributed by atoms with Crippen molar-refractivity contribution in [3.63, 3.8) is 0 Å². The molecule has 0 aliphatic rings. The Bertz CT molecular complexity index is 687. The Labute approximate surface area is 126 Å². The summed E-state index contributed by atoms with van der Waals surface area (Å²) in [6.07, 6.45) is 0. The van der Waals surface area contributed by atoms with Crippen LogP contribution in [0.4, 0.5) is 0 Å². The first-order valence-corrected chi connectivity index (χ1v) is 8.20. The van der Waals surface area contributed by atoms with E-state index in [9.17, 15) is 8.42 Å². The van der Waals surface area contributed by atoms with E-state index in [-0.39, 0.29) is 11.4 Å². The van der Waals surface area contributed by atoms with Crippen LogP contribution in [0.5, 0.6) is 0 Å². The molecule has 0 saturated carbocycles. The van der Waals surface area contributed by atoms with Gasteiger partial charge in [0.2, 0.25) is 10.0 Å². The van der Waals surface area contributed by atoms with Crippen molar-refractivity contribution in [1.82, 2.24) is 4.72 Å². The second-order valence-corrected chi connectivity index (χ2v) is 7.47. The number of nitrogens with one attached hydrogen (secondary N) is 1. The summed E-state index contributed by atoms with van der Waals surface area (Å²) in [4.78, 5) is 0.242. The molecular formula is C16H20N2O2S. The van der Waals surface area contributed by atoms with E-state index < -0.39 is 15.6 Å². The molecule has 0 unspecified atom stereocenters. The highest BCUT2D eigenvalue weighted by Gasteiger charge is 2.18. The van der Waals surface area contributed by atoms with E-state index in [4.69, 9.17) is 5.73 Å². The summed E-state index contributed by atoms with van der Waals surface area (Å²) in [5.74, 6) is 0. The zero-order chi connectivity index (χ0) is 15.5. The largest absolute Gasteiger partial charge is 0.324 e. The molecule has 0 bridgehead atoms. The van der Waals surface area contributed by atoms with Crippen LogP contribution < -0.4 is 10.5 Å². The highest BCUT2D eigenvalue weighted by Crippen LogP contribution is 2.20. The van der Waals surface area contributed by atoms with Crippen molar-refractivity contribution >= 4 is 10.0 Å². The van der Waals surface area contributed by atoms with Crippen LogP contribution in [-0.2, 0) is 10.0 Å². The van der Waals surface area contributed by atoms with Gasteiger partial charge in [0, 0.05) is 12.1 Å². The van der Waals surface area contributed by atoms with Gasteiger partial charge in [-0.15, -0.1) is 0 Å². The fraction of sp³-hybridized carbons (Fsp3) is 0.250. The van der Waals surface area contributed by atoms with E-state index in [1.54, 1.807) is 38.1 Å². The van der Waals surface area contributed by atoms with Gasteiger partial charge >= 0.3 is 0 Å². The minimum absolute atomic E-state index is 0.190. The van der Waals surface area contributed by atoms with Crippen LogP contribution in [0.3, 0.4) is 0 Å². The average Bonchev–Trinajstić information content (AvgIpc) is 2.46. The van der Waals surface area contributed by atoms with Gasteiger partial charge in [0.05, 0.1) is 4.90 Å². The third-order valence-electron chi connectivity index (χ3n) is 2.99. The van der Waals surface area contributed by atoms with E-state index in [2.05, 4.69) is 4.72 Å². The van der Waals surface area contributed by atoms with Crippen molar-refractivity contribution in [1.29, 1.82) is 0 Å². The third kappa shape index (κ3) is 4.39. The lowest BCUT2D eigenvalue weighted by Gasteiger charge is -2.19. The van der Waals surface area contributed by atoms with Gasteiger partial charge in [-0.25, -0.2) is 13.1 Å². The first kappa shape index (κ1) is 15.7. The lowest BCUT2D eigenvalue weighted by molar-refractivity contribution is 0.498. The van der Waals surface area contributed by atoms with Crippen LogP contribution in [0.25, 0.3) is 11.1 Å². The normalized spacial score (nSPS) is 12.3. The lowest BCUT2D eigenvalue weighted by atomic mass is 10.1. The Hall–Kier alpha value is -1.69. The monoisotopic (exact) mass is 304 g/mol. The number of hydrogen-bond donors (Lipinski definition) is 2. The van der Waals surface area contributed by atoms with Gasteiger partial charge in [-0.05, 0) is 37.1 Å². The molecule has 2 aromatic rings. The molecule has 0 amide bonds. The standard InChI is InChI=1S/C16H20N2O2S/c1-16(2,17)12-18-21(19,20)15-10-8-14(9-11-15)13-6-4-3-5-7-13/h3-11,18H,12,17H2,1-2H3. The fourth-order valence-corrected chi connectivity index (χ4v) is 3.04. The molecule has 2 rings (SSSR count). The molecule has 3 N–H and O–H groups in total. The predicted molar refractivity (Wildman–Crippen MR) is 85.3 cm³/mol. The number of benzene rings is 2. The van der Waals surface area contributed by atoms with Gasteiger partial charge in [-0.3, -0.25) is 0 Å². The highest BCUT2D eigenvalue weighted by atomic mass is 32.2. The maximum Gasteiger partial charge on any atom is 0.240 e. The van der Waals surface area contributed by atoms with E-state index in [0.29, 0.717) is 0 Å². The van der Waals surface area contributed by atoms with Crippen molar-refractivity contribution in [2.75, 3.05) is 6.54 Å². The second kappa shape index (κ2) is 5.97. The summed E-state index contributed by atoms with van der Waals surface area (Å²) in [6, 6.07) is 16.6. The van der Waals surface area contributed by atoms with E-state index >= 15 is 0 Å². The summed E-state index contributed by atoms with van der Waals surface area (Å²) < 4.78 is 26.8. The molecule has 0 radical (unpaired) electrons. The average molecular weight is 304 g/mol. The Balaban J connectivity index is 2.19. The molecule has 0 fully saturated rings. The van der Waals surface area contributed by atoms with Crippen LogP contribution in [0.15, 0.2) is 59.5 Å². The Morgan fingerprint density at radius 3 is 2.00 bits per heavy atom. The number of hydrogen-bond acceptors (Lipinski definition) is 3. The van der Waals surface area contributed by atoms with E-state index in [1.165, 1.54) is 0 Å². The molecular weight excluding hydrogens is 284 g/mol. The van der Waals surface area contributed by atoms with Gasteiger partial charge < -0.3 is 5.73 Å². The van der Waals surface area contributed by atoms with Crippen molar-refractivity contribution < 1.29 is 8.42 Å². The molecule has 21 heavy (non-hydrogen) atoms. The minimum atomic E-state index is -3.52. The van der Waals surface area contributed by atoms with Crippen LogP contribution in [0, 0.1) is 0 Å². The SMILES string of the molecule is CC(C)(N)CNS(=O)(=O)c1ccc(-c2ccccc2)cc1. The first-order valence-electron chi connectivity index (χ1n) is 6.72. The summed E-state index contributed by atoms with van der Waals surface area (Å²) in [6.45, 7) is 3.73. The highest BCUT2D eigenvalue weighted by molar-refractivity contribution is 7.89. The van der Waals surface area contributed by atoms with Crippen LogP contribution in [-0.4, -0.2) is 20.5 Å². The number of nitrogens with two attached hydrogens (primary N) is 1. The molecule has 0 aliphatic heterocycles. The zero-order valence-corrected chi connectivity index (χ0v) is 13.0. The molecule has 112 valence electrons. The Kier molecular flexibility index (Phi) is 4.46. The van der Waals surface area contributed by atoms with Gasteiger partial charge in [0.15, 0.2) is 0 Å². The predicted octanol–water partition coefficient (Wildman–Crippen LogP) is 2.37. The van der Waals surface area contributed by atoms with E-state index in [1.807, 2.05) is 30.3 Å². The lowest BCUT2D eigenvalue weighted by Crippen LogP contribution is -2.45. The smallest absolute Gasteiger partial charge is 0.240 e. The van der Waals surface area contributed by atoms with Crippen molar-refractivity contribution in [3.05, 3.63) is 54.6 Å².